The Labute approximate surface area is 220 Å². The number of rotatable bonds is 8. The lowest BCUT2D eigenvalue weighted by Gasteiger charge is -2.62. The molecule has 5 rings (SSSR count). The van der Waals surface area contributed by atoms with Crippen LogP contribution in [-0.2, 0) is 0 Å². The molecule has 1 aromatic rings. The Kier molecular flexibility index (Phi) is 7.49. The zero-order valence-electron chi connectivity index (χ0n) is 23.7. The van der Waals surface area contributed by atoms with Gasteiger partial charge in [-0.1, -0.05) is 53.9 Å². The molecular weight excluding hydrogens is 444 g/mol. The standard InChI is InChI=1S/C32H52N2O2/c1-22(2)8-6-9-23(3)26-12-13-27-25-11-10-24-20-32(35,21-36-29-33-18-7-19-34-29)17-16-30(24,4)28(25)14-15-31(26,27)5/h7,18-19,22-28,35H,6,8-17,20-21H2,1-5H3/t23-,24+,25?,26-,27?,28?,30+,31-,32-/m1/s1. The molecule has 4 nitrogen and oxygen atoms in total. The predicted octanol–water partition coefficient (Wildman–Crippen LogP) is 7.71. The van der Waals surface area contributed by atoms with E-state index in [2.05, 4.69) is 44.6 Å². The molecule has 36 heavy (non-hydrogen) atoms. The number of aliphatic hydroxyl groups is 1. The second-order valence-corrected chi connectivity index (χ2v) is 14.4. The summed E-state index contributed by atoms with van der Waals surface area (Å²) in [6, 6.07) is 2.17. The molecule has 1 aromatic heterocycles. The van der Waals surface area contributed by atoms with Crippen molar-refractivity contribution in [1.29, 1.82) is 0 Å². The number of nitrogens with zero attached hydrogens (tertiary/aromatic N) is 2. The van der Waals surface area contributed by atoms with Crippen molar-refractivity contribution in [1.82, 2.24) is 9.97 Å². The highest BCUT2D eigenvalue weighted by molar-refractivity contribution is 5.11. The molecule has 202 valence electrons. The highest BCUT2D eigenvalue weighted by Gasteiger charge is 2.61. The van der Waals surface area contributed by atoms with Gasteiger partial charge >= 0.3 is 6.01 Å². The molecule has 4 aliphatic rings. The van der Waals surface area contributed by atoms with Gasteiger partial charge in [0.25, 0.3) is 0 Å². The Balaban J connectivity index is 1.23. The van der Waals surface area contributed by atoms with E-state index in [-0.39, 0.29) is 0 Å². The Morgan fingerprint density at radius 1 is 0.917 bits per heavy atom. The molecule has 3 unspecified atom stereocenters. The van der Waals surface area contributed by atoms with E-state index in [1.807, 2.05) is 0 Å². The molecule has 4 aliphatic carbocycles. The maximum atomic E-state index is 11.5. The molecule has 0 radical (unpaired) electrons. The van der Waals surface area contributed by atoms with Gasteiger partial charge in [0.05, 0.1) is 5.60 Å². The summed E-state index contributed by atoms with van der Waals surface area (Å²) in [5.74, 6) is 5.91. The summed E-state index contributed by atoms with van der Waals surface area (Å²) in [4.78, 5) is 8.36. The van der Waals surface area contributed by atoms with E-state index < -0.39 is 5.60 Å². The first kappa shape index (κ1) is 26.4. The Hall–Kier alpha value is -1.16. The highest BCUT2D eigenvalue weighted by Crippen LogP contribution is 2.68. The van der Waals surface area contributed by atoms with Crippen LogP contribution in [0.3, 0.4) is 0 Å². The molecule has 4 fully saturated rings. The van der Waals surface area contributed by atoms with E-state index in [1.165, 1.54) is 57.8 Å². The minimum absolute atomic E-state index is 0.314. The van der Waals surface area contributed by atoms with Crippen molar-refractivity contribution in [3.05, 3.63) is 18.5 Å². The molecule has 1 heterocycles. The van der Waals surface area contributed by atoms with Gasteiger partial charge in [-0.15, -0.1) is 0 Å². The number of fused-ring (bicyclic) bond motifs is 5. The first-order valence-electron chi connectivity index (χ1n) is 15.3. The van der Waals surface area contributed by atoms with Crippen LogP contribution in [0.15, 0.2) is 18.5 Å². The van der Waals surface area contributed by atoms with Gasteiger partial charge in [-0.2, -0.15) is 0 Å². The maximum Gasteiger partial charge on any atom is 0.316 e. The van der Waals surface area contributed by atoms with Crippen LogP contribution in [0.5, 0.6) is 6.01 Å². The molecule has 0 spiro atoms. The van der Waals surface area contributed by atoms with Crippen LogP contribution in [-0.4, -0.2) is 27.3 Å². The van der Waals surface area contributed by atoms with E-state index in [9.17, 15) is 5.11 Å². The molecule has 0 saturated heterocycles. The third kappa shape index (κ3) is 4.85. The van der Waals surface area contributed by atoms with Crippen molar-refractivity contribution in [2.24, 2.45) is 52.3 Å². The summed E-state index contributed by atoms with van der Waals surface area (Å²) in [6.07, 6.45) is 18.9. The third-order valence-electron chi connectivity index (χ3n) is 12.0. The topological polar surface area (TPSA) is 55.2 Å². The van der Waals surface area contributed by atoms with Crippen LogP contribution in [0.2, 0.25) is 0 Å². The van der Waals surface area contributed by atoms with Gasteiger partial charge in [0.2, 0.25) is 0 Å². The van der Waals surface area contributed by atoms with E-state index in [4.69, 9.17) is 4.74 Å². The van der Waals surface area contributed by atoms with Crippen LogP contribution in [0.25, 0.3) is 0 Å². The van der Waals surface area contributed by atoms with Gasteiger partial charge in [-0.3, -0.25) is 0 Å². The lowest BCUT2D eigenvalue weighted by molar-refractivity contribution is -0.159. The lowest BCUT2D eigenvalue weighted by Crippen LogP contribution is -2.57. The quantitative estimate of drug-likeness (QED) is 0.400. The number of ether oxygens (including phenoxy) is 1. The number of aromatic nitrogens is 2. The van der Waals surface area contributed by atoms with Crippen molar-refractivity contribution in [3.8, 4) is 6.01 Å². The van der Waals surface area contributed by atoms with Crippen LogP contribution < -0.4 is 4.74 Å². The van der Waals surface area contributed by atoms with Crippen molar-refractivity contribution < 1.29 is 9.84 Å². The third-order valence-corrected chi connectivity index (χ3v) is 12.0. The minimum atomic E-state index is -0.747. The molecule has 0 bridgehead atoms. The molecule has 9 atom stereocenters. The van der Waals surface area contributed by atoms with E-state index >= 15 is 0 Å². The average Bonchev–Trinajstić information content (AvgIpc) is 3.21. The zero-order valence-corrected chi connectivity index (χ0v) is 23.7. The summed E-state index contributed by atoms with van der Waals surface area (Å²) < 4.78 is 5.84. The van der Waals surface area contributed by atoms with Gasteiger partial charge in [0.15, 0.2) is 0 Å². The molecule has 0 aromatic carbocycles. The maximum absolute atomic E-state index is 11.5. The number of hydrogen-bond acceptors (Lipinski definition) is 4. The molecule has 0 amide bonds. The monoisotopic (exact) mass is 496 g/mol. The van der Waals surface area contributed by atoms with E-state index in [1.54, 1.807) is 18.5 Å². The van der Waals surface area contributed by atoms with Crippen LogP contribution in [0.1, 0.15) is 112 Å². The van der Waals surface area contributed by atoms with E-state index in [0.29, 0.717) is 29.4 Å². The zero-order chi connectivity index (χ0) is 25.6. The first-order chi connectivity index (χ1) is 17.1. The Morgan fingerprint density at radius 3 is 2.42 bits per heavy atom. The second-order valence-electron chi connectivity index (χ2n) is 14.4. The van der Waals surface area contributed by atoms with Crippen LogP contribution >= 0.6 is 0 Å². The number of hydrogen-bond donors (Lipinski definition) is 1. The van der Waals surface area contributed by atoms with Crippen molar-refractivity contribution in [3.63, 3.8) is 0 Å². The van der Waals surface area contributed by atoms with Crippen molar-refractivity contribution in [2.75, 3.05) is 6.61 Å². The summed E-state index contributed by atoms with van der Waals surface area (Å²) in [6.45, 7) is 12.9. The molecule has 4 heteroatoms. The van der Waals surface area contributed by atoms with E-state index in [0.717, 1.165) is 54.8 Å². The molecule has 4 saturated carbocycles. The fourth-order valence-corrected chi connectivity index (χ4v) is 10.0. The fraction of sp³-hybridized carbons (Fsp3) is 0.875. The van der Waals surface area contributed by atoms with Crippen molar-refractivity contribution >= 4 is 0 Å². The van der Waals surface area contributed by atoms with Crippen LogP contribution in [0.4, 0.5) is 0 Å². The average molecular weight is 497 g/mol. The van der Waals surface area contributed by atoms with Gasteiger partial charge in [0, 0.05) is 12.4 Å². The van der Waals surface area contributed by atoms with Crippen molar-refractivity contribution in [2.45, 2.75) is 117 Å². The summed E-state index contributed by atoms with van der Waals surface area (Å²) >= 11 is 0. The normalized spacial score (nSPS) is 42.9. The Morgan fingerprint density at radius 2 is 1.67 bits per heavy atom. The van der Waals surface area contributed by atoms with Crippen LogP contribution in [0, 0.1) is 52.3 Å². The predicted molar refractivity (Wildman–Crippen MR) is 146 cm³/mol. The molecular formula is C32H52N2O2. The van der Waals surface area contributed by atoms with Gasteiger partial charge in [-0.25, -0.2) is 9.97 Å². The highest BCUT2D eigenvalue weighted by atomic mass is 16.5. The molecule has 0 aliphatic heterocycles. The molecule has 1 N–H and O–H groups in total. The largest absolute Gasteiger partial charge is 0.460 e. The summed E-state index contributed by atoms with van der Waals surface area (Å²) in [7, 11) is 0. The summed E-state index contributed by atoms with van der Waals surface area (Å²) in [5, 5.41) is 11.5. The first-order valence-corrected chi connectivity index (χ1v) is 15.3. The van der Waals surface area contributed by atoms with Gasteiger partial charge in [0.1, 0.15) is 6.61 Å². The smallest absolute Gasteiger partial charge is 0.316 e. The summed E-state index contributed by atoms with van der Waals surface area (Å²) in [5.41, 5.74) is 0.185. The SMILES string of the molecule is CC(C)CCC[C@@H](C)[C@H]1CCC2C3CC[C@H]4C[C@@](O)(COc5ncccn5)CC[C@]4(C)C3CC[C@@]21C. The lowest BCUT2D eigenvalue weighted by atomic mass is 9.43. The fourth-order valence-electron chi connectivity index (χ4n) is 10.0. The minimum Gasteiger partial charge on any atom is -0.460 e. The second kappa shape index (κ2) is 10.2. The Bertz CT molecular complexity index is 876. The van der Waals surface area contributed by atoms with Gasteiger partial charge in [-0.05, 0) is 116 Å². The van der Waals surface area contributed by atoms with Gasteiger partial charge < -0.3 is 9.84 Å².